The van der Waals surface area contributed by atoms with E-state index in [9.17, 15) is 9.59 Å². The van der Waals surface area contributed by atoms with Gasteiger partial charge < -0.3 is 10.2 Å². The third-order valence-electron chi connectivity index (χ3n) is 4.69. The van der Waals surface area contributed by atoms with Crippen LogP contribution in [-0.2, 0) is 11.2 Å². The van der Waals surface area contributed by atoms with Crippen molar-refractivity contribution in [1.82, 2.24) is 4.90 Å². The Morgan fingerprint density at radius 2 is 1.80 bits per heavy atom. The van der Waals surface area contributed by atoms with Crippen molar-refractivity contribution in [2.45, 2.75) is 6.42 Å². The number of carbonyl (C=O) groups excluding carboxylic acids is 2. The Hall–Kier alpha value is -3.16. The molecule has 1 aromatic heterocycles. The zero-order valence-electron chi connectivity index (χ0n) is 15.9. The van der Waals surface area contributed by atoms with Gasteiger partial charge in [-0.25, -0.2) is 0 Å². The highest BCUT2D eigenvalue weighted by Gasteiger charge is 2.31. The lowest BCUT2D eigenvalue weighted by atomic mass is 10.1. The van der Waals surface area contributed by atoms with Crippen LogP contribution in [0.15, 0.2) is 76.1 Å². The summed E-state index contributed by atoms with van der Waals surface area (Å²) in [4.78, 5) is 26.2. The number of hydrogen-bond acceptors (Lipinski definition) is 5. The highest BCUT2D eigenvalue weighted by atomic mass is 32.2. The van der Waals surface area contributed by atoms with Gasteiger partial charge in [0.15, 0.2) is 0 Å². The average molecular weight is 435 g/mol. The van der Waals surface area contributed by atoms with E-state index in [2.05, 4.69) is 0 Å². The molecule has 2 heterocycles. The first-order valence-electron chi connectivity index (χ1n) is 9.30. The standard InChI is InChI=1S/C23H18N2O3S2/c24-21(26)17-8-6-16(7-9-17)19-11-10-18(28-19)14-20-22(27)25(23(29)30-20)13-12-15-4-2-1-3-5-15/h1-11,14H,12-13H2,(H2,24,26)/b20-14-. The molecule has 0 radical (unpaired) electrons. The highest BCUT2D eigenvalue weighted by molar-refractivity contribution is 8.26. The lowest BCUT2D eigenvalue weighted by Crippen LogP contribution is -2.30. The second-order valence-corrected chi connectivity index (χ2v) is 8.39. The molecule has 30 heavy (non-hydrogen) atoms. The molecular formula is C23H18N2O3S2. The molecule has 7 heteroatoms. The smallest absolute Gasteiger partial charge is 0.266 e. The molecule has 150 valence electrons. The number of thioether (sulfide) groups is 1. The first kappa shape index (κ1) is 20.1. The summed E-state index contributed by atoms with van der Waals surface area (Å²) in [5.74, 6) is 0.616. The van der Waals surface area contributed by atoms with E-state index >= 15 is 0 Å². The molecule has 2 amide bonds. The molecule has 3 aromatic rings. The summed E-state index contributed by atoms with van der Waals surface area (Å²) in [7, 11) is 0. The fourth-order valence-electron chi connectivity index (χ4n) is 3.09. The molecule has 1 saturated heterocycles. The molecule has 2 N–H and O–H groups in total. The minimum Gasteiger partial charge on any atom is -0.457 e. The molecule has 5 nitrogen and oxygen atoms in total. The maximum Gasteiger partial charge on any atom is 0.266 e. The Kier molecular flexibility index (Phi) is 5.83. The summed E-state index contributed by atoms with van der Waals surface area (Å²) >= 11 is 6.68. The topological polar surface area (TPSA) is 76.5 Å². The van der Waals surface area contributed by atoms with E-state index in [4.69, 9.17) is 22.4 Å². The maximum absolute atomic E-state index is 12.8. The van der Waals surface area contributed by atoms with E-state index in [1.54, 1.807) is 41.3 Å². The van der Waals surface area contributed by atoms with Crippen LogP contribution in [-0.4, -0.2) is 27.6 Å². The first-order valence-corrected chi connectivity index (χ1v) is 10.5. The number of hydrogen-bond donors (Lipinski definition) is 1. The Bertz CT molecular complexity index is 1130. The monoisotopic (exact) mass is 434 g/mol. The second kappa shape index (κ2) is 8.69. The highest BCUT2D eigenvalue weighted by Crippen LogP contribution is 2.33. The largest absolute Gasteiger partial charge is 0.457 e. The van der Waals surface area contributed by atoms with Gasteiger partial charge in [-0.1, -0.05) is 66.4 Å². The lowest BCUT2D eigenvalue weighted by Gasteiger charge is -2.14. The minimum absolute atomic E-state index is 0.107. The van der Waals surface area contributed by atoms with Crippen molar-refractivity contribution in [1.29, 1.82) is 0 Å². The van der Waals surface area contributed by atoms with Gasteiger partial charge in [-0.05, 0) is 36.2 Å². The molecular weight excluding hydrogens is 416 g/mol. The van der Waals surface area contributed by atoms with Crippen LogP contribution in [0.5, 0.6) is 0 Å². The quantitative estimate of drug-likeness (QED) is 0.457. The Morgan fingerprint density at radius 3 is 2.50 bits per heavy atom. The van der Waals surface area contributed by atoms with Gasteiger partial charge in [-0.3, -0.25) is 14.5 Å². The van der Waals surface area contributed by atoms with E-state index in [-0.39, 0.29) is 5.91 Å². The van der Waals surface area contributed by atoms with Crippen LogP contribution in [0.3, 0.4) is 0 Å². The van der Waals surface area contributed by atoms with Gasteiger partial charge in [-0.15, -0.1) is 0 Å². The zero-order valence-corrected chi connectivity index (χ0v) is 17.5. The number of rotatable bonds is 6. The minimum atomic E-state index is -0.476. The first-order chi connectivity index (χ1) is 14.5. The average Bonchev–Trinajstić information content (AvgIpc) is 3.32. The number of carbonyl (C=O) groups is 2. The summed E-state index contributed by atoms with van der Waals surface area (Å²) in [6.07, 6.45) is 2.45. The van der Waals surface area contributed by atoms with Gasteiger partial charge in [-0.2, -0.15) is 0 Å². The lowest BCUT2D eigenvalue weighted by molar-refractivity contribution is -0.122. The Labute approximate surface area is 183 Å². The normalized spacial score (nSPS) is 15.2. The molecule has 0 atom stereocenters. The predicted molar refractivity (Wildman–Crippen MR) is 123 cm³/mol. The number of amides is 2. The van der Waals surface area contributed by atoms with E-state index < -0.39 is 5.91 Å². The van der Waals surface area contributed by atoms with Gasteiger partial charge in [0.2, 0.25) is 5.91 Å². The fraction of sp³-hybridized carbons (Fsp3) is 0.0870. The van der Waals surface area contributed by atoms with E-state index in [0.717, 1.165) is 17.5 Å². The molecule has 0 bridgehead atoms. The molecule has 0 saturated carbocycles. The van der Waals surface area contributed by atoms with Crippen LogP contribution in [0.25, 0.3) is 17.4 Å². The number of furan rings is 1. The number of benzene rings is 2. The van der Waals surface area contributed by atoms with E-state index in [0.29, 0.717) is 32.9 Å². The van der Waals surface area contributed by atoms with Gasteiger partial charge in [0.25, 0.3) is 5.91 Å². The van der Waals surface area contributed by atoms with Crippen molar-refractivity contribution in [3.05, 3.63) is 88.5 Å². The number of thiocarbonyl (C=S) groups is 1. The van der Waals surface area contributed by atoms with Gasteiger partial charge >= 0.3 is 0 Å². The van der Waals surface area contributed by atoms with Crippen LogP contribution in [0.1, 0.15) is 21.7 Å². The third-order valence-corrected chi connectivity index (χ3v) is 6.07. The summed E-state index contributed by atoms with van der Waals surface area (Å²) in [6.45, 7) is 0.543. The third kappa shape index (κ3) is 4.37. The molecule has 4 rings (SSSR count). The van der Waals surface area contributed by atoms with Crippen LogP contribution < -0.4 is 5.73 Å². The molecule has 0 aliphatic carbocycles. The van der Waals surface area contributed by atoms with Crippen LogP contribution in [0.2, 0.25) is 0 Å². The van der Waals surface area contributed by atoms with Crippen molar-refractivity contribution >= 4 is 46.2 Å². The maximum atomic E-state index is 12.8. The molecule has 1 aliphatic heterocycles. The van der Waals surface area contributed by atoms with E-state index in [1.807, 2.05) is 36.4 Å². The van der Waals surface area contributed by atoms with Crippen molar-refractivity contribution in [2.75, 3.05) is 6.54 Å². The summed E-state index contributed by atoms with van der Waals surface area (Å²) < 4.78 is 6.41. The fourth-order valence-corrected chi connectivity index (χ4v) is 4.38. The van der Waals surface area contributed by atoms with Crippen molar-refractivity contribution in [3.63, 3.8) is 0 Å². The molecule has 2 aromatic carbocycles. The SMILES string of the molecule is NC(=O)c1ccc(-c2ccc(/C=C3\SC(=S)N(CCc4ccccc4)C3=O)o2)cc1. The second-order valence-electron chi connectivity index (χ2n) is 6.71. The molecule has 1 aliphatic rings. The summed E-state index contributed by atoms with van der Waals surface area (Å²) in [5, 5.41) is 0. The van der Waals surface area contributed by atoms with E-state index in [1.165, 1.54) is 11.8 Å². The number of nitrogens with two attached hydrogens (primary N) is 1. The van der Waals surface area contributed by atoms with Gasteiger partial charge in [0, 0.05) is 23.7 Å². The molecule has 1 fully saturated rings. The van der Waals surface area contributed by atoms with Crippen LogP contribution in [0, 0.1) is 0 Å². The number of primary amides is 1. The summed E-state index contributed by atoms with van der Waals surface area (Å²) in [6, 6.07) is 20.5. The van der Waals surface area contributed by atoms with Crippen molar-refractivity contribution in [2.24, 2.45) is 5.73 Å². The van der Waals surface area contributed by atoms with Gasteiger partial charge in [0.05, 0.1) is 4.91 Å². The summed E-state index contributed by atoms with van der Waals surface area (Å²) in [5.41, 5.74) is 7.68. The van der Waals surface area contributed by atoms with Crippen molar-refractivity contribution < 1.29 is 14.0 Å². The van der Waals surface area contributed by atoms with Crippen LogP contribution in [0.4, 0.5) is 0 Å². The Morgan fingerprint density at radius 1 is 1.07 bits per heavy atom. The molecule has 0 unspecified atom stereocenters. The Balaban J connectivity index is 1.46. The van der Waals surface area contributed by atoms with Crippen LogP contribution >= 0.6 is 24.0 Å². The zero-order chi connectivity index (χ0) is 21.1. The number of nitrogens with zero attached hydrogens (tertiary/aromatic N) is 1. The predicted octanol–water partition coefficient (Wildman–Crippen LogP) is 4.49. The molecule has 0 spiro atoms. The van der Waals surface area contributed by atoms with Gasteiger partial charge in [0.1, 0.15) is 15.8 Å². The van der Waals surface area contributed by atoms with Crippen molar-refractivity contribution in [3.8, 4) is 11.3 Å².